The number of hydrogen-bond acceptors (Lipinski definition) is 4. The highest BCUT2D eigenvalue weighted by Crippen LogP contribution is 2.30. The lowest BCUT2D eigenvalue weighted by molar-refractivity contribution is -0.131. The van der Waals surface area contributed by atoms with Gasteiger partial charge in [0.25, 0.3) is 0 Å². The molecule has 1 saturated heterocycles. The molecule has 2 amide bonds. The van der Waals surface area contributed by atoms with Crippen molar-refractivity contribution < 1.29 is 14.0 Å². The van der Waals surface area contributed by atoms with Crippen LogP contribution >= 0.6 is 0 Å². The Hall–Kier alpha value is -3.35. The molecule has 1 aliphatic heterocycles. The Balaban J connectivity index is 1.36. The van der Waals surface area contributed by atoms with Crippen molar-refractivity contribution in [1.82, 2.24) is 20.0 Å². The Morgan fingerprint density at radius 2 is 2.13 bits per heavy atom. The molecule has 1 fully saturated rings. The molecule has 3 heterocycles. The molecular formula is C24H28N4O3. The normalized spacial score (nSPS) is 18.2. The summed E-state index contributed by atoms with van der Waals surface area (Å²) in [5.74, 6) is 0.909. The molecule has 1 aliphatic rings. The first-order chi connectivity index (χ1) is 14.9. The lowest BCUT2D eigenvalue weighted by atomic mass is 9.87. The molecule has 4 rings (SSSR count). The zero-order valence-electron chi connectivity index (χ0n) is 18.0. The third-order valence-corrected chi connectivity index (χ3v) is 5.99. The molecule has 1 atom stereocenters. The lowest BCUT2D eigenvalue weighted by Crippen LogP contribution is -2.44. The first-order valence-corrected chi connectivity index (χ1v) is 10.6. The van der Waals surface area contributed by atoms with Gasteiger partial charge in [-0.3, -0.25) is 9.59 Å². The fourth-order valence-electron chi connectivity index (χ4n) is 4.22. The summed E-state index contributed by atoms with van der Waals surface area (Å²) in [7, 11) is 1.81. The first-order valence-electron chi connectivity index (χ1n) is 10.6. The van der Waals surface area contributed by atoms with E-state index in [1.807, 2.05) is 54.2 Å². The van der Waals surface area contributed by atoms with E-state index in [1.54, 1.807) is 24.4 Å². The minimum atomic E-state index is -0.416. The maximum atomic E-state index is 12.8. The molecular weight excluding hydrogens is 392 g/mol. The third kappa shape index (κ3) is 4.87. The van der Waals surface area contributed by atoms with Gasteiger partial charge in [0.2, 0.25) is 11.8 Å². The smallest absolute Gasteiger partial charge is 0.222 e. The highest BCUT2D eigenvalue weighted by molar-refractivity contribution is 5.80. The summed E-state index contributed by atoms with van der Waals surface area (Å²) in [5, 5.41) is 7.54. The standard InChI is InChI=1S/C24H28N4O3/c1-18-6-3-4-8-21(18)28-17-19(15-25-28)16-27(2)23(30)10-12-24(11-9-22(29)26-24)14-20-7-5-13-31-20/h3-8,13,15,17H,9-12,14,16H2,1-2H3,(H,26,29)/t24-/m0/s1. The summed E-state index contributed by atoms with van der Waals surface area (Å²) in [4.78, 5) is 26.4. The number of para-hydroxylation sites is 1. The van der Waals surface area contributed by atoms with E-state index >= 15 is 0 Å². The summed E-state index contributed by atoms with van der Waals surface area (Å²) >= 11 is 0. The summed E-state index contributed by atoms with van der Waals surface area (Å²) < 4.78 is 7.32. The predicted molar refractivity (Wildman–Crippen MR) is 117 cm³/mol. The van der Waals surface area contributed by atoms with Crippen molar-refractivity contribution in [2.75, 3.05) is 7.05 Å². The van der Waals surface area contributed by atoms with Gasteiger partial charge >= 0.3 is 0 Å². The van der Waals surface area contributed by atoms with Crippen LogP contribution in [0.4, 0.5) is 0 Å². The molecule has 0 radical (unpaired) electrons. The van der Waals surface area contributed by atoms with Gasteiger partial charge in [-0.05, 0) is 43.5 Å². The zero-order valence-corrected chi connectivity index (χ0v) is 18.0. The molecule has 2 aromatic heterocycles. The van der Waals surface area contributed by atoms with Crippen LogP contribution in [0.25, 0.3) is 5.69 Å². The fraction of sp³-hybridized carbons (Fsp3) is 0.375. The molecule has 0 spiro atoms. The second-order valence-electron chi connectivity index (χ2n) is 8.41. The molecule has 1 N–H and O–H groups in total. The van der Waals surface area contributed by atoms with E-state index < -0.39 is 5.54 Å². The average molecular weight is 421 g/mol. The number of aromatic nitrogens is 2. The number of rotatable bonds is 8. The van der Waals surface area contributed by atoms with Crippen LogP contribution in [-0.4, -0.2) is 39.1 Å². The summed E-state index contributed by atoms with van der Waals surface area (Å²) in [5.41, 5.74) is 2.72. The summed E-state index contributed by atoms with van der Waals surface area (Å²) in [6, 6.07) is 11.8. The molecule has 0 bridgehead atoms. The van der Waals surface area contributed by atoms with E-state index in [4.69, 9.17) is 4.42 Å². The van der Waals surface area contributed by atoms with Gasteiger partial charge in [0, 0.05) is 50.2 Å². The second kappa shape index (κ2) is 8.79. The predicted octanol–water partition coefficient (Wildman–Crippen LogP) is 3.40. The van der Waals surface area contributed by atoms with Crippen LogP contribution in [-0.2, 0) is 22.6 Å². The number of carbonyl (C=O) groups excluding carboxylic acids is 2. The van der Waals surface area contributed by atoms with Crippen LogP contribution in [0.5, 0.6) is 0 Å². The van der Waals surface area contributed by atoms with Gasteiger partial charge in [0.15, 0.2) is 0 Å². The molecule has 7 nitrogen and oxygen atoms in total. The molecule has 0 aliphatic carbocycles. The lowest BCUT2D eigenvalue weighted by Gasteiger charge is -2.29. The van der Waals surface area contributed by atoms with Crippen LogP contribution in [0, 0.1) is 6.92 Å². The van der Waals surface area contributed by atoms with Crippen LogP contribution in [0.3, 0.4) is 0 Å². The number of hydrogen-bond donors (Lipinski definition) is 1. The van der Waals surface area contributed by atoms with Gasteiger partial charge in [0.05, 0.1) is 18.1 Å². The van der Waals surface area contributed by atoms with Gasteiger partial charge in [-0.1, -0.05) is 18.2 Å². The van der Waals surface area contributed by atoms with Crippen molar-refractivity contribution in [2.45, 2.75) is 51.1 Å². The van der Waals surface area contributed by atoms with Crippen molar-refractivity contribution in [3.8, 4) is 5.69 Å². The Labute approximate surface area is 182 Å². The number of nitrogens with zero attached hydrogens (tertiary/aromatic N) is 3. The monoisotopic (exact) mass is 420 g/mol. The highest BCUT2D eigenvalue weighted by atomic mass is 16.3. The second-order valence-corrected chi connectivity index (χ2v) is 8.41. The minimum Gasteiger partial charge on any atom is -0.469 e. The van der Waals surface area contributed by atoms with Crippen molar-refractivity contribution in [1.29, 1.82) is 0 Å². The van der Waals surface area contributed by atoms with Gasteiger partial charge in [-0.15, -0.1) is 0 Å². The largest absolute Gasteiger partial charge is 0.469 e. The van der Waals surface area contributed by atoms with Gasteiger partial charge in [-0.25, -0.2) is 4.68 Å². The van der Waals surface area contributed by atoms with Gasteiger partial charge < -0.3 is 14.6 Å². The van der Waals surface area contributed by atoms with Gasteiger partial charge in [0.1, 0.15) is 5.76 Å². The Bertz CT molecular complexity index is 1060. The van der Waals surface area contributed by atoms with Crippen LogP contribution in [0.15, 0.2) is 59.5 Å². The Kier molecular flexibility index (Phi) is 5.93. The number of amides is 2. The average Bonchev–Trinajstić information content (AvgIpc) is 3.50. The molecule has 1 aromatic carbocycles. The van der Waals surface area contributed by atoms with E-state index in [9.17, 15) is 9.59 Å². The topological polar surface area (TPSA) is 80.4 Å². The fourth-order valence-corrected chi connectivity index (χ4v) is 4.22. The summed E-state index contributed by atoms with van der Waals surface area (Å²) in [6.07, 6.45) is 8.15. The van der Waals surface area contributed by atoms with Crippen molar-refractivity contribution in [3.63, 3.8) is 0 Å². The van der Waals surface area contributed by atoms with E-state index in [1.165, 1.54) is 0 Å². The SMILES string of the molecule is Cc1ccccc1-n1cc(CN(C)C(=O)CC[C@]2(Cc3ccco3)CCC(=O)N2)cn1. The van der Waals surface area contributed by atoms with E-state index in [-0.39, 0.29) is 11.8 Å². The van der Waals surface area contributed by atoms with Crippen LogP contribution in [0.2, 0.25) is 0 Å². The van der Waals surface area contributed by atoms with Crippen molar-refractivity contribution >= 4 is 11.8 Å². The van der Waals surface area contributed by atoms with E-state index in [0.29, 0.717) is 38.6 Å². The van der Waals surface area contributed by atoms with Crippen LogP contribution in [0.1, 0.15) is 42.6 Å². The highest BCUT2D eigenvalue weighted by Gasteiger charge is 2.38. The van der Waals surface area contributed by atoms with Gasteiger partial charge in [-0.2, -0.15) is 5.10 Å². The number of aryl methyl sites for hydroxylation is 1. The molecule has 7 heteroatoms. The van der Waals surface area contributed by atoms with E-state index in [0.717, 1.165) is 22.6 Å². The molecule has 3 aromatic rings. The number of nitrogens with one attached hydrogen (secondary N) is 1. The van der Waals surface area contributed by atoms with Crippen molar-refractivity contribution in [3.05, 3.63) is 71.9 Å². The first kappa shape index (κ1) is 20.9. The molecule has 162 valence electrons. The third-order valence-electron chi connectivity index (χ3n) is 5.99. The van der Waals surface area contributed by atoms with Crippen LogP contribution < -0.4 is 5.32 Å². The molecule has 0 unspecified atom stereocenters. The summed E-state index contributed by atoms with van der Waals surface area (Å²) in [6.45, 7) is 2.54. The van der Waals surface area contributed by atoms with E-state index in [2.05, 4.69) is 10.4 Å². The minimum absolute atomic E-state index is 0.0379. The Morgan fingerprint density at radius 1 is 1.29 bits per heavy atom. The zero-order chi connectivity index (χ0) is 21.8. The number of benzene rings is 1. The number of furan rings is 1. The molecule has 31 heavy (non-hydrogen) atoms. The maximum Gasteiger partial charge on any atom is 0.222 e. The van der Waals surface area contributed by atoms with Crippen molar-refractivity contribution in [2.24, 2.45) is 0 Å². The number of carbonyl (C=O) groups is 2. The quantitative estimate of drug-likeness (QED) is 0.606. The molecule has 0 saturated carbocycles. The maximum absolute atomic E-state index is 12.8. The Morgan fingerprint density at radius 3 is 2.84 bits per heavy atom.